The first kappa shape index (κ1) is 51.2. The second-order valence-electron chi connectivity index (χ2n) is 19.5. The number of likely N-dealkylation sites (tertiary alicyclic amines) is 1. The number of halogens is 3. The molecular formula is C44H64BF3N6O11. The topological polar surface area (TPSA) is 256 Å². The van der Waals surface area contributed by atoms with E-state index >= 15 is 0 Å². The Labute approximate surface area is 377 Å². The van der Waals surface area contributed by atoms with Gasteiger partial charge >= 0.3 is 25.2 Å². The second kappa shape index (κ2) is 20.4. The molecule has 5 amide bonds. The third kappa shape index (κ3) is 11.8. The number of hydrogen-bond acceptors (Lipinski definition) is 10. The van der Waals surface area contributed by atoms with Gasteiger partial charge in [0.15, 0.2) is 0 Å². The molecule has 5 aliphatic rings. The monoisotopic (exact) mass is 920 g/mol. The van der Waals surface area contributed by atoms with Crippen LogP contribution in [0.2, 0.25) is 0 Å². The summed E-state index contributed by atoms with van der Waals surface area (Å²) in [5.74, 6) is -7.54. The van der Waals surface area contributed by atoms with Gasteiger partial charge in [0, 0.05) is 13.0 Å². The Morgan fingerprint density at radius 2 is 1.49 bits per heavy atom. The highest BCUT2D eigenvalue weighted by Crippen LogP contribution is 2.65. The van der Waals surface area contributed by atoms with Gasteiger partial charge in [0.05, 0.1) is 35.7 Å². The zero-order valence-electron chi connectivity index (χ0n) is 38.0. The summed E-state index contributed by atoms with van der Waals surface area (Å²) in [6, 6.07) is -1.61. The molecule has 17 nitrogen and oxygen atoms in total. The molecule has 5 fully saturated rings. The van der Waals surface area contributed by atoms with Crippen molar-refractivity contribution in [2.75, 3.05) is 6.54 Å². The number of aryl methyl sites for hydroxylation is 1. The molecule has 2 heterocycles. The molecule has 0 unspecified atom stereocenters. The van der Waals surface area contributed by atoms with E-state index in [1.165, 1.54) is 17.0 Å². The lowest BCUT2D eigenvalue weighted by Gasteiger charge is -2.64. The lowest BCUT2D eigenvalue weighted by Crippen LogP contribution is -2.65. The van der Waals surface area contributed by atoms with Crippen LogP contribution in [0.4, 0.5) is 13.2 Å². The van der Waals surface area contributed by atoms with Crippen molar-refractivity contribution < 1.29 is 66.3 Å². The van der Waals surface area contributed by atoms with Crippen LogP contribution in [0.25, 0.3) is 0 Å². The van der Waals surface area contributed by atoms with Crippen molar-refractivity contribution >= 4 is 48.6 Å². The van der Waals surface area contributed by atoms with Crippen molar-refractivity contribution in [3.63, 3.8) is 0 Å². The smallest absolute Gasteiger partial charge is 0.481 e. The number of alkyl halides is 3. The summed E-state index contributed by atoms with van der Waals surface area (Å²) in [5, 5.41) is 28.9. The van der Waals surface area contributed by atoms with Gasteiger partial charge in [0.1, 0.15) is 24.2 Å². The Balaban J connectivity index is 1.30. The average molecular weight is 921 g/mol. The number of nitrogens with one attached hydrogen (secondary N) is 4. The summed E-state index contributed by atoms with van der Waals surface area (Å²) in [4.78, 5) is 92.7. The van der Waals surface area contributed by atoms with Crippen molar-refractivity contribution in [1.82, 2.24) is 26.2 Å². The summed E-state index contributed by atoms with van der Waals surface area (Å²) < 4.78 is 53.3. The van der Waals surface area contributed by atoms with Crippen LogP contribution in [-0.2, 0) is 55.5 Å². The van der Waals surface area contributed by atoms with Crippen LogP contribution in [0.1, 0.15) is 111 Å². The van der Waals surface area contributed by atoms with Crippen molar-refractivity contribution in [3.05, 3.63) is 35.4 Å². The van der Waals surface area contributed by atoms with E-state index < -0.39 is 133 Å². The number of hydrogen-bond donors (Lipinski definition) is 7. The quantitative estimate of drug-likeness (QED) is 0.0933. The maximum atomic E-state index is 14.4. The first-order chi connectivity index (χ1) is 30.2. The summed E-state index contributed by atoms with van der Waals surface area (Å²) >= 11 is 0. The molecule has 21 heteroatoms. The lowest BCUT2D eigenvalue weighted by atomic mass is 9.43. The molecule has 2 saturated heterocycles. The Kier molecular flexibility index (Phi) is 16.1. The van der Waals surface area contributed by atoms with Crippen molar-refractivity contribution in [3.8, 4) is 0 Å². The SMILES string of the molecule is CC(C)[C@H](NC(=O)[C@H](CCC(=O)O)NC(=O)[C@@H](N)CC(=O)O)C(=O)N[C@H](C(=O)N1CCC[C@@H]1C(=O)N[C@@H](CCc1ccc(C(F)(F)F)cc1)B1O[C@@H]2C[C@@H]3C[C@@H](C3(C)C)[C@]2(C)O1)C(C)C. The molecule has 0 aromatic heterocycles. The maximum absolute atomic E-state index is 14.4. The second-order valence-corrected chi connectivity index (χ2v) is 19.5. The minimum Gasteiger partial charge on any atom is -0.481 e. The van der Waals surface area contributed by atoms with E-state index in [9.17, 15) is 51.8 Å². The highest BCUT2D eigenvalue weighted by molar-refractivity contribution is 6.48. The van der Waals surface area contributed by atoms with Crippen molar-refractivity contribution in [2.24, 2.45) is 34.8 Å². The van der Waals surface area contributed by atoms with Gasteiger partial charge in [-0.1, -0.05) is 53.7 Å². The summed E-state index contributed by atoms with van der Waals surface area (Å²) in [6.45, 7) is 13.3. The fourth-order valence-corrected chi connectivity index (χ4v) is 9.93. The van der Waals surface area contributed by atoms with Crippen molar-refractivity contribution in [2.45, 2.75) is 160 Å². The Bertz CT molecular complexity index is 1950. The minimum absolute atomic E-state index is 0.0392. The number of rotatable bonds is 20. The fourth-order valence-electron chi connectivity index (χ4n) is 9.93. The Hall–Kier alpha value is -4.76. The van der Waals surface area contributed by atoms with Gasteiger partial charge in [-0.15, -0.1) is 0 Å². The molecule has 0 radical (unpaired) electrons. The fraction of sp³-hybridized carbons (Fsp3) is 0.705. The largest absolute Gasteiger partial charge is 0.481 e. The maximum Gasteiger partial charge on any atom is 0.481 e. The normalized spacial score (nSPS) is 25.7. The van der Waals surface area contributed by atoms with Gasteiger partial charge in [0.25, 0.3) is 0 Å². The predicted octanol–water partition coefficient (Wildman–Crippen LogP) is 2.81. The molecule has 2 aliphatic heterocycles. The molecule has 0 spiro atoms. The number of carboxylic acid groups (broad SMARTS) is 2. The molecule has 10 atom stereocenters. The molecule has 6 rings (SSSR count). The van der Waals surface area contributed by atoms with Crippen LogP contribution < -0.4 is 27.0 Å². The number of carbonyl (C=O) groups is 7. The molecule has 1 aromatic rings. The van der Waals surface area contributed by atoms with Gasteiger partial charge in [0.2, 0.25) is 29.5 Å². The van der Waals surface area contributed by atoms with Crippen LogP contribution in [0.5, 0.6) is 0 Å². The van der Waals surface area contributed by atoms with Crippen LogP contribution in [0.15, 0.2) is 24.3 Å². The van der Waals surface area contributed by atoms with E-state index in [0.29, 0.717) is 30.7 Å². The molecule has 360 valence electrons. The number of amides is 5. The average Bonchev–Trinajstić information content (AvgIpc) is 3.85. The number of nitrogens with two attached hydrogens (primary N) is 1. The predicted molar refractivity (Wildman–Crippen MR) is 229 cm³/mol. The molecule has 1 aromatic carbocycles. The van der Waals surface area contributed by atoms with E-state index in [2.05, 4.69) is 35.1 Å². The van der Waals surface area contributed by atoms with Crippen LogP contribution in [0.3, 0.4) is 0 Å². The first-order valence-corrected chi connectivity index (χ1v) is 22.4. The third-order valence-electron chi connectivity index (χ3n) is 14.0. The van der Waals surface area contributed by atoms with Gasteiger partial charge in [-0.05, 0) is 98.7 Å². The van der Waals surface area contributed by atoms with E-state index in [1.807, 2.05) is 6.92 Å². The van der Waals surface area contributed by atoms with E-state index in [-0.39, 0.29) is 30.4 Å². The summed E-state index contributed by atoms with van der Waals surface area (Å²) in [5.41, 5.74) is 4.91. The van der Waals surface area contributed by atoms with Crippen LogP contribution in [-0.4, -0.2) is 118 Å². The van der Waals surface area contributed by atoms with Crippen LogP contribution >= 0.6 is 0 Å². The molecule has 8 N–H and O–H groups in total. The summed E-state index contributed by atoms with van der Waals surface area (Å²) in [7, 11) is -0.867. The van der Waals surface area contributed by atoms with Gasteiger partial charge in [-0.3, -0.25) is 33.6 Å². The number of carboxylic acids is 2. The highest BCUT2D eigenvalue weighted by atomic mass is 19.4. The number of aliphatic carboxylic acids is 2. The van der Waals surface area contributed by atoms with E-state index in [1.54, 1.807) is 27.7 Å². The summed E-state index contributed by atoms with van der Waals surface area (Å²) in [6.07, 6.45) is -3.33. The molecular weight excluding hydrogens is 856 g/mol. The van der Waals surface area contributed by atoms with Gasteiger partial charge in [-0.25, -0.2) is 0 Å². The van der Waals surface area contributed by atoms with Gasteiger partial charge in [-0.2, -0.15) is 13.2 Å². The molecule has 2 bridgehead atoms. The molecule has 65 heavy (non-hydrogen) atoms. The van der Waals surface area contributed by atoms with Gasteiger partial charge < -0.3 is 51.4 Å². The number of benzene rings is 1. The zero-order chi connectivity index (χ0) is 48.3. The number of nitrogens with zero attached hydrogens (tertiary/aromatic N) is 1. The standard InChI is InChI=1S/C44H64BF3N6O11/c1-22(2)35(52-38(60)28(15-17-33(55)56)50-37(59)27(49)21-34(57)58)40(62)53-36(23(3)4)41(63)54-18-8-9-29(54)39(61)51-32(16-12-24-10-13-25(14-11-24)44(46,47)48)45-64-31-20-26-19-30(42(26,5)6)43(31,7)65-45/h10-11,13-14,22-23,26-32,35-36H,8-9,12,15-21,49H2,1-7H3,(H,50,59)(H,51,61)(H,52,60)(H,53,62)(H,55,56)(H,57,58)/t26-,27-,28-,29+,30-,31+,32-,35-,36-,43-/m0/s1. The van der Waals surface area contributed by atoms with Crippen LogP contribution in [0, 0.1) is 29.1 Å². The Morgan fingerprint density at radius 1 is 0.862 bits per heavy atom. The third-order valence-corrected chi connectivity index (χ3v) is 14.0. The van der Waals surface area contributed by atoms with E-state index in [0.717, 1.165) is 25.0 Å². The number of carbonyl (C=O) groups excluding carboxylic acids is 5. The zero-order valence-corrected chi connectivity index (χ0v) is 38.0. The first-order valence-electron chi connectivity index (χ1n) is 22.4. The van der Waals surface area contributed by atoms with Crippen molar-refractivity contribution in [1.29, 1.82) is 0 Å². The van der Waals surface area contributed by atoms with E-state index in [4.69, 9.17) is 20.1 Å². The molecule has 3 saturated carbocycles. The Morgan fingerprint density at radius 3 is 2.06 bits per heavy atom. The lowest BCUT2D eigenvalue weighted by molar-refractivity contribution is -0.199. The molecule has 3 aliphatic carbocycles. The highest BCUT2D eigenvalue weighted by Gasteiger charge is 2.68. The minimum atomic E-state index is -4.49.